The van der Waals surface area contributed by atoms with E-state index in [-0.39, 0.29) is 11.5 Å². The van der Waals surface area contributed by atoms with Gasteiger partial charge in [0.25, 0.3) is 5.91 Å². The SMILES string of the molecule is CC(=NNC(=O)c1cccc(-c2ccccc2)c1)c1nc(C(O)[C@H](O)[C@H](O)CO)c[nH]1. The van der Waals surface area contributed by atoms with Crippen LogP contribution in [0.3, 0.4) is 0 Å². The van der Waals surface area contributed by atoms with E-state index in [9.17, 15) is 20.1 Å². The summed E-state index contributed by atoms with van der Waals surface area (Å²) >= 11 is 0. The third kappa shape index (κ3) is 5.41. The van der Waals surface area contributed by atoms with Crippen molar-refractivity contribution < 1.29 is 25.2 Å². The highest BCUT2D eigenvalue weighted by Crippen LogP contribution is 2.20. The minimum atomic E-state index is -1.60. The van der Waals surface area contributed by atoms with Crippen LogP contribution in [0, 0.1) is 0 Å². The summed E-state index contributed by atoms with van der Waals surface area (Å²) in [6, 6.07) is 16.8. The van der Waals surface area contributed by atoms with Gasteiger partial charge in [0.15, 0.2) is 5.82 Å². The number of aromatic amines is 1. The molecule has 1 heterocycles. The Bertz CT molecular complexity index is 1050. The van der Waals surface area contributed by atoms with Crippen molar-refractivity contribution in [1.29, 1.82) is 0 Å². The van der Waals surface area contributed by atoms with Gasteiger partial charge in [0.05, 0.1) is 12.3 Å². The number of imidazole rings is 1. The van der Waals surface area contributed by atoms with Gasteiger partial charge in [0.1, 0.15) is 24.0 Å². The van der Waals surface area contributed by atoms with Crippen LogP contribution < -0.4 is 5.43 Å². The lowest BCUT2D eigenvalue weighted by Crippen LogP contribution is -2.34. The van der Waals surface area contributed by atoms with Gasteiger partial charge >= 0.3 is 0 Å². The summed E-state index contributed by atoms with van der Waals surface area (Å²) in [5.74, 6) is -0.136. The van der Waals surface area contributed by atoms with Crippen LogP contribution in [0.5, 0.6) is 0 Å². The van der Waals surface area contributed by atoms with E-state index < -0.39 is 30.8 Å². The average Bonchev–Trinajstić information content (AvgIpc) is 3.32. The van der Waals surface area contributed by atoms with Gasteiger partial charge in [-0.25, -0.2) is 10.4 Å². The van der Waals surface area contributed by atoms with Crippen molar-refractivity contribution in [2.45, 2.75) is 25.2 Å². The topological polar surface area (TPSA) is 151 Å². The van der Waals surface area contributed by atoms with Crippen molar-refractivity contribution in [3.63, 3.8) is 0 Å². The number of hydrazone groups is 1. The number of rotatable bonds is 8. The molecule has 0 fully saturated rings. The van der Waals surface area contributed by atoms with Crippen LogP contribution in [0.2, 0.25) is 0 Å². The second-order valence-corrected chi connectivity index (χ2v) is 6.94. The van der Waals surface area contributed by atoms with Gasteiger partial charge in [-0.05, 0) is 30.2 Å². The molecule has 0 radical (unpaired) electrons. The first-order valence-corrected chi connectivity index (χ1v) is 9.61. The summed E-state index contributed by atoms with van der Waals surface area (Å²) in [5, 5.41) is 42.2. The number of aromatic nitrogens is 2. The zero-order valence-electron chi connectivity index (χ0n) is 16.8. The maximum atomic E-state index is 12.5. The predicted octanol–water partition coefficient (Wildman–Crippen LogP) is 0.978. The summed E-state index contributed by atoms with van der Waals surface area (Å²) in [7, 11) is 0. The number of carbonyl (C=O) groups excluding carboxylic acids is 1. The number of aliphatic hydroxyl groups is 4. The molecule has 0 saturated carbocycles. The highest BCUT2D eigenvalue weighted by Gasteiger charge is 2.27. The number of carbonyl (C=O) groups is 1. The van der Waals surface area contributed by atoms with E-state index in [4.69, 9.17) is 5.11 Å². The van der Waals surface area contributed by atoms with E-state index in [0.717, 1.165) is 11.1 Å². The van der Waals surface area contributed by atoms with E-state index in [1.54, 1.807) is 25.1 Å². The lowest BCUT2D eigenvalue weighted by atomic mass is 10.0. The zero-order valence-corrected chi connectivity index (χ0v) is 16.8. The largest absolute Gasteiger partial charge is 0.394 e. The lowest BCUT2D eigenvalue weighted by Gasteiger charge is -2.19. The normalized spacial score (nSPS) is 14.7. The average molecular weight is 424 g/mol. The Kier molecular flexibility index (Phi) is 7.27. The van der Waals surface area contributed by atoms with Gasteiger partial charge in [0.2, 0.25) is 0 Å². The van der Waals surface area contributed by atoms with Crippen molar-refractivity contribution in [2.75, 3.05) is 6.61 Å². The molecule has 0 aliphatic heterocycles. The molecule has 0 aliphatic rings. The van der Waals surface area contributed by atoms with Gasteiger partial charge < -0.3 is 25.4 Å². The molecule has 3 rings (SSSR count). The monoisotopic (exact) mass is 424 g/mol. The minimum Gasteiger partial charge on any atom is -0.394 e. The molecule has 1 aromatic heterocycles. The van der Waals surface area contributed by atoms with Gasteiger partial charge in [-0.1, -0.05) is 42.5 Å². The molecule has 3 aromatic rings. The number of nitrogens with one attached hydrogen (secondary N) is 2. The van der Waals surface area contributed by atoms with Crippen molar-refractivity contribution in [3.05, 3.63) is 77.9 Å². The molecule has 1 unspecified atom stereocenters. The third-order valence-corrected chi connectivity index (χ3v) is 4.71. The fourth-order valence-corrected chi connectivity index (χ4v) is 2.89. The number of amides is 1. The van der Waals surface area contributed by atoms with E-state index in [1.807, 2.05) is 36.4 Å². The minimum absolute atomic E-state index is 0.0615. The van der Waals surface area contributed by atoms with Gasteiger partial charge in [-0.2, -0.15) is 5.10 Å². The molecule has 3 atom stereocenters. The van der Waals surface area contributed by atoms with Crippen LogP contribution in [0.15, 0.2) is 65.9 Å². The first kappa shape index (κ1) is 22.3. The molecule has 9 nitrogen and oxygen atoms in total. The van der Waals surface area contributed by atoms with Crippen LogP contribution in [0.4, 0.5) is 0 Å². The maximum Gasteiger partial charge on any atom is 0.271 e. The third-order valence-electron chi connectivity index (χ3n) is 4.71. The van der Waals surface area contributed by atoms with Crippen LogP contribution in [0.25, 0.3) is 11.1 Å². The van der Waals surface area contributed by atoms with Crippen molar-refractivity contribution in [1.82, 2.24) is 15.4 Å². The molecule has 6 N–H and O–H groups in total. The second kappa shape index (κ2) is 10.1. The molecule has 1 amide bonds. The summed E-state index contributed by atoms with van der Waals surface area (Å²) in [6.07, 6.45) is -3.27. The first-order valence-electron chi connectivity index (χ1n) is 9.61. The summed E-state index contributed by atoms with van der Waals surface area (Å²) in [5.41, 5.74) is 5.20. The van der Waals surface area contributed by atoms with E-state index >= 15 is 0 Å². The maximum absolute atomic E-state index is 12.5. The molecular formula is C22H24N4O5. The summed E-state index contributed by atoms with van der Waals surface area (Å²) in [6.45, 7) is 0.905. The molecule has 162 valence electrons. The van der Waals surface area contributed by atoms with Gasteiger partial charge in [-0.15, -0.1) is 0 Å². The van der Waals surface area contributed by atoms with Gasteiger partial charge in [0, 0.05) is 11.8 Å². The van der Waals surface area contributed by atoms with Crippen molar-refractivity contribution in [3.8, 4) is 11.1 Å². The lowest BCUT2D eigenvalue weighted by molar-refractivity contribution is -0.0788. The van der Waals surface area contributed by atoms with Crippen LogP contribution in [-0.4, -0.2) is 60.8 Å². The Balaban J connectivity index is 1.68. The molecule has 0 aliphatic carbocycles. The Labute approximate surface area is 178 Å². The smallest absolute Gasteiger partial charge is 0.271 e. The number of benzene rings is 2. The number of hydrogen-bond donors (Lipinski definition) is 6. The Hall–Kier alpha value is -3.37. The molecule has 0 saturated heterocycles. The molecule has 2 aromatic carbocycles. The Morgan fingerprint density at radius 3 is 2.52 bits per heavy atom. The molecular weight excluding hydrogens is 400 g/mol. The van der Waals surface area contributed by atoms with Crippen LogP contribution in [-0.2, 0) is 0 Å². The predicted molar refractivity (Wildman–Crippen MR) is 114 cm³/mol. The Morgan fingerprint density at radius 1 is 1.10 bits per heavy atom. The van der Waals surface area contributed by atoms with Crippen LogP contribution in [0.1, 0.15) is 34.9 Å². The number of nitrogens with zero attached hydrogens (tertiary/aromatic N) is 2. The van der Waals surface area contributed by atoms with E-state index in [1.165, 1.54) is 6.20 Å². The molecule has 31 heavy (non-hydrogen) atoms. The molecule has 0 bridgehead atoms. The number of aliphatic hydroxyl groups excluding tert-OH is 4. The second-order valence-electron chi connectivity index (χ2n) is 6.94. The van der Waals surface area contributed by atoms with Crippen LogP contribution >= 0.6 is 0 Å². The highest BCUT2D eigenvalue weighted by molar-refractivity contribution is 5.99. The fraction of sp³-hybridized carbons (Fsp3) is 0.227. The first-order chi connectivity index (χ1) is 14.9. The van der Waals surface area contributed by atoms with Crippen molar-refractivity contribution >= 4 is 11.6 Å². The molecule has 9 heteroatoms. The number of hydrogen-bond acceptors (Lipinski definition) is 7. The molecule has 0 spiro atoms. The fourth-order valence-electron chi connectivity index (χ4n) is 2.89. The van der Waals surface area contributed by atoms with Gasteiger partial charge in [-0.3, -0.25) is 4.79 Å². The quantitative estimate of drug-likeness (QED) is 0.234. The van der Waals surface area contributed by atoms with E-state index in [0.29, 0.717) is 11.3 Å². The Morgan fingerprint density at radius 2 is 1.81 bits per heavy atom. The number of H-pyrrole nitrogens is 1. The van der Waals surface area contributed by atoms with Crippen molar-refractivity contribution in [2.24, 2.45) is 5.10 Å². The van der Waals surface area contributed by atoms with E-state index in [2.05, 4.69) is 20.5 Å². The summed E-state index contributed by atoms with van der Waals surface area (Å²) in [4.78, 5) is 19.4. The highest BCUT2D eigenvalue weighted by atomic mass is 16.4. The summed E-state index contributed by atoms with van der Waals surface area (Å²) < 4.78 is 0. The zero-order chi connectivity index (χ0) is 22.4. The standard InChI is InChI=1S/C22H24N4O5/c1-13(21-23-11-17(24-21)19(29)20(30)18(28)12-27)25-26-22(31)16-9-5-8-15(10-16)14-6-3-2-4-7-14/h2-11,18-20,27-30H,12H2,1H3,(H,23,24)(H,26,31)/t18-,19?,20-/m1/s1.